The number of hydrogen-bond acceptors (Lipinski definition) is 4. The Hall–Kier alpha value is -2.38. The van der Waals surface area contributed by atoms with Crippen molar-refractivity contribution in [2.75, 3.05) is 31.5 Å². The summed E-state index contributed by atoms with van der Waals surface area (Å²) in [5.41, 5.74) is 2.47. The Balaban J connectivity index is 0.00000225. The van der Waals surface area contributed by atoms with Crippen molar-refractivity contribution in [1.29, 1.82) is 0 Å². The molecule has 2 saturated heterocycles. The summed E-state index contributed by atoms with van der Waals surface area (Å²) in [6, 6.07) is 7.20. The predicted molar refractivity (Wildman–Crippen MR) is 110 cm³/mol. The smallest absolute Gasteiger partial charge is 0.253 e. The minimum Gasteiger partial charge on any atom is -0.339 e. The molecule has 2 fully saturated rings. The van der Waals surface area contributed by atoms with E-state index >= 15 is 0 Å². The van der Waals surface area contributed by atoms with Crippen molar-refractivity contribution >= 4 is 29.9 Å². The maximum atomic E-state index is 12.8. The Labute approximate surface area is 170 Å². The van der Waals surface area contributed by atoms with Crippen LogP contribution in [0.2, 0.25) is 0 Å². The molecule has 2 atom stereocenters. The normalized spacial score (nSPS) is 21.4. The fourth-order valence-electron chi connectivity index (χ4n) is 3.97. The number of aryl methyl sites for hydroxylation is 1. The first-order valence-electron chi connectivity index (χ1n) is 9.51. The zero-order valence-corrected chi connectivity index (χ0v) is 16.7. The van der Waals surface area contributed by atoms with Crippen LogP contribution in [0.25, 0.3) is 0 Å². The van der Waals surface area contributed by atoms with Crippen LogP contribution < -0.4 is 10.6 Å². The summed E-state index contributed by atoms with van der Waals surface area (Å²) < 4.78 is 1.76. The SMILES string of the molecule is Cl.Cn1cc([C@H]2CNC[C@@H]2C(=O)Nc2ccc(C(=O)N3CCCC3)cc2)cn1. The lowest BCUT2D eigenvalue weighted by molar-refractivity contribution is -0.119. The summed E-state index contributed by atoms with van der Waals surface area (Å²) in [5.74, 6) is 0.0457. The number of carbonyl (C=O) groups excluding carboxylic acids is 2. The van der Waals surface area contributed by atoms with Crippen molar-refractivity contribution in [2.24, 2.45) is 13.0 Å². The van der Waals surface area contributed by atoms with Crippen molar-refractivity contribution in [3.05, 3.63) is 47.8 Å². The molecule has 0 radical (unpaired) electrons. The first-order valence-corrected chi connectivity index (χ1v) is 9.51. The molecule has 2 aliphatic heterocycles. The molecule has 28 heavy (non-hydrogen) atoms. The fourth-order valence-corrected chi connectivity index (χ4v) is 3.97. The Morgan fingerprint density at radius 1 is 1.14 bits per heavy atom. The van der Waals surface area contributed by atoms with Gasteiger partial charge < -0.3 is 15.5 Å². The third-order valence-corrected chi connectivity index (χ3v) is 5.50. The summed E-state index contributed by atoms with van der Waals surface area (Å²) in [6.07, 6.45) is 5.95. The van der Waals surface area contributed by atoms with Gasteiger partial charge in [0.25, 0.3) is 5.91 Å². The van der Waals surface area contributed by atoms with Gasteiger partial charge in [0, 0.05) is 56.6 Å². The minimum absolute atomic E-state index is 0. The molecule has 1 aromatic heterocycles. The molecule has 2 N–H and O–H groups in total. The molecule has 0 bridgehead atoms. The molecule has 150 valence electrons. The first kappa shape index (κ1) is 20.4. The van der Waals surface area contributed by atoms with Crippen LogP contribution in [0.15, 0.2) is 36.7 Å². The number of amides is 2. The highest BCUT2D eigenvalue weighted by molar-refractivity contribution is 5.96. The van der Waals surface area contributed by atoms with Gasteiger partial charge in [0.15, 0.2) is 0 Å². The highest BCUT2D eigenvalue weighted by Crippen LogP contribution is 2.29. The van der Waals surface area contributed by atoms with Gasteiger partial charge in [0.05, 0.1) is 12.1 Å². The van der Waals surface area contributed by atoms with E-state index in [1.54, 1.807) is 16.8 Å². The monoisotopic (exact) mass is 403 g/mol. The van der Waals surface area contributed by atoms with Crippen LogP contribution in [-0.2, 0) is 11.8 Å². The van der Waals surface area contributed by atoms with Crippen LogP contribution in [0.3, 0.4) is 0 Å². The molecule has 2 aliphatic rings. The van der Waals surface area contributed by atoms with Crippen molar-refractivity contribution in [2.45, 2.75) is 18.8 Å². The summed E-state index contributed by atoms with van der Waals surface area (Å²) in [5, 5.41) is 10.5. The van der Waals surface area contributed by atoms with E-state index in [4.69, 9.17) is 0 Å². The number of benzene rings is 1. The van der Waals surface area contributed by atoms with Crippen molar-refractivity contribution in [3.63, 3.8) is 0 Å². The number of halogens is 1. The van der Waals surface area contributed by atoms with Gasteiger partial charge in [-0.25, -0.2) is 0 Å². The molecule has 7 nitrogen and oxygen atoms in total. The average Bonchev–Trinajstić information content (AvgIpc) is 3.42. The number of aromatic nitrogens is 2. The quantitative estimate of drug-likeness (QED) is 0.818. The summed E-state index contributed by atoms with van der Waals surface area (Å²) in [4.78, 5) is 27.1. The lowest BCUT2D eigenvalue weighted by Crippen LogP contribution is -2.28. The van der Waals surface area contributed by atoms with Crippen LogP contribution in [0, 0.1) is 5.92 Å². The number of nitrogens with zero attached hydrogens (tertiary/aromatic N) is 3. The van der Waals surface area contributed by atoms with Crippen LogP contribution in [0.4, 0.5) is 5.69 Å². The van der Waals surface area contributed by atoms with E-state index in [1.165, 1.54) is 0 Å². The molecule has 4 rings (SSSR count). The van der Waals surface area contributed by atoms with E-state index in [9.17, 15) is 9.59 Å². The summed E-state index contributed by atoms with van der Waals surface area (Å²) in [6.45, 7) is 3.09. The molecule has 0 unspecified atom stereocenters. The zero-order valence-electron chi connectivity index (χ0n) is 15.9. The predicted octanol–water partition coefficient (Wildman–Crippen LogP) is 2.02. The van der Waals surface area contributed by atoms with Crippen LogP contribution in [-0.4, -0.2) is 52.7 Å². The number of anilines is 1. The Bertz CT molecular complexity index is 829. The molecule has 3 heterocycles. The highest BCUT2D eigenvalue weighted by Gasteiger charge is 2.34. The van der Waals surface area contributed by atoms with Crippen LogP contribution in [0.1, 0.15) is 34.7 Å². The number of carbonyl (C=O) groups is 2. The van der Waals surface area contributed by atoms with Gasteiger partial charge in [0.1, 0.15) is 0 Å². The van der Waals surface area contributed by atoms with Crippen molar-refractivity contribution < 1.29 is 9.59 Å². The molecule has 1 aromatic carbocycles. The first-order chi connectivity index (χ1) is 13.1. The van der Waals surface area contributed by atoms with Crippen molar-refractivity contribution in [3.8, 4) is 0 Å². The number of hydrogen-bond donors (Lipinski definition) is 2. The van der Waals surface area contributed by atoms with Crippen LogP contribution >= 0.6 is 12.4 Å². The molecule has 0 saturated carbocycles. The standard InChI is InChI=1S/C20H25N5O2.ClH/c1-24-13-15(10-22-24)17-11-21-12-18(17)19(26)23-16-6-4-14(5-7-16)20(27)25-8-2-3-9-25;/h4-7,10,13,17-18,21H,2-3,8-9,11-12H2,1H3,(H,23,26);1H/t17-,18+;/m1./s1. The Morgan fingerprint density at radius 3 is 2.50 bits per heavy atom. The summed E-state index contributed by atoms with van der Waals surface area (Å²) >= 11 is 0. The third kappa shape index (κ3) is 4.20. The molecular weight excluding hydrogens is 378 g/mol. The van der Waals surface area contributed by atoms with E-state index in [2.05, 4.69) is 15.7 Å². The van der Waals surface area contributed by atoms with E-state index < -0.39 is 0 Å². The van der Waals surface area contributed by atoms with Crippen LogP contribution in [0.5, 0.6) is 0 Å². The molecule has 2 amide bonds. The average molecular weight is 404 g/mol. The summed E-state index contributed by atoms with van der Waals surface area (Å²) in [7, 11) is 1.88. The Morgan fingerprint density at radius 2 is 1.86 bits per heavy atom. The lowest BCUT2D eigenvalue weighted by atomic mass is 9.90. The third-order valence-electron chi connectivity index (χ3n) is 5.50. The number of nitrogens with one attached hydrogen (secondary N) is 2. The van der Waals surface area contributed by atoms with E-state index in [-0.39, 0.29) is 36.1 Å². The van der Waals surface area contributed by atoms with Gasteiger partial charge in [-0.3, -0.25) is 14.3 Å². The van der Waals surface area contributed by atoms with Gasteiger partial charge in [-0.15, -0.1) is 12.4 Å². The maximum Gasteiger partial charge on any atom is 0.253 e. The minimum atomic E-state index is -0.139. The van der Waals surface area contributed by atoms with Gasteiger partial charge in [-0.05, 0) is 42.7 Å². The lowest BCUT2D eigenvalue weighted by Gasteiger charge is -2.18. The highest BCUT2D eigenvalue weighted by atomic mass is 35.5. The zero-order chi connectivity index (χ0) is 18.8. The van der Waals surface area contributed by atoms with E-state index in [1.807, 2.05) is 36.5 Å². The Kier molecular flexibility index (Phi) is 6.36. The molecule has 8 heteroatoms. The molecule has 0 spiro atoms. The van der Waals surface area contributed by atoms with Gasteiger partial charge in [-0.2, -0.15) is 5.10 Å². The number of likely N-dealkylation sites (tertiary alicyclic amines) is 1. The van der Waals surface area contributed by atoms with Gasteiger partial charge in [-0.1, -0.05) is 0 Å². The second-order valence-electron chi connectivity index (χ2n) is 7.38. The molecular formula is C20H26ClN5O2. The fraction of sp³-hybridized carbons (Fsp3) is 0.450. The molecule has 0 aliphatic carbocycles. The second-order valence-corrected chi connectivity index (χ2v) is 7.38. The van der Waals surface area contributed by atoms with Gasteiger partial charge >= 0.3 is 0 Å². The topological polar surface area (TPSA) is 79.3 Å². The number of rotatable bonds is 4. The second kappa shape index (κ2) is 8.75. The van der Waals surface area contributed by atoms with E-state index in [0.717, 1.165) is 43.7 Å². The largest absolute Gasteiger partial charge is 0.339 e. The van der Waals surface area contributed by atoms with Crippen molar-refractivity contribution in [1.82, 2.24) is 20.0 Å². The maximum absolute atomic E-state index is 12.8. The van der Waals surface area contributed by atoms with Gasteiger partial charge in [0.2, 0.25) is 5.91 Å². The molecule has 2 aromatic rings. The van der Waals surface area contributed by atoms with E-state index in [0.29, 0.717) is 12.1 Å².